The number of rotatable bonds is 4. The van der Waals surface area contributed by atoms with Gasteiger partial charge in [-0.15, -0.1) is 0 Å². The molecule has 4 heteroatoms. The van der Waals surface area contributed by atoms with Gasteiger partial charge in [-0.05, 0) is 36.7 Å². The van der Waals surface area contributed by atoms with Crippen LogP contribution in [0.25, 0.3) is 0 Å². The summed E-state index contributed by atoms with van der Waals surface area (Å²) in [4.78, 5) is 12.1. The van der Waals surface area contributed by atoms with E-state index in [2.05, 4.69) is 57.8 Å². The van der Waals surface area contributed by atoms with Crippen molar-refractivity contribution >= 4 is 37.8 Å². The molecule has 0 aliphatic heterocycles. The molecule has 1 aliphatic carbocycles. The van der Waals surface area contributed by atoms with E-state index >= 15 is 0 Å². The van der Waals surface area contributed by atoms with Crippen LogP contribution in [0.5, 0.6) is 0 Å². The summed E-state index contributed by atoms with van der Waals surface area (Å²) in [5, 5.41) is 9.64. The first-order valence-corrected chi connectivity index (χ1v) is 9.11. The molecule has 0 spiro atoms. The summed E-state index contributed by atoms with van der Waals surface area (Å²) in [5.74, 6) is -0.372. The van der Waals surface area contributed by atoms with Crippen LogP contribution < -0.4 is 0 Å². The first-order valence-electron chi connectivity index (χ1n) is 7.28. The standard InChI is InChI=1S/C17H22Br2O2/c1-16(2)12(9-10-17(16,3)15(20)21)14(19)13(18)11-7-5-4-6-8-11/h4-8,12-14H,9-10H2,1-3H3,(H,20,21)/t12-,13-,14+,17-/m1/s1. The lowest BCUT2D eigenvalue weighted by molar-refractivity contribution is -0.154. The number of carboxylic acids is 1. The van der Waals surface area contributed by atoms with E-state index in [-0.39, 0.29) is 15.1 Å². The van der Waals surface area contributed by atoms with Gasteiger partial charge in [0.2, 0.25) is 0 Å². The first-order chi connectivity index (χ1) is 9.72. The lowest BCUT2D eigenvalue weighted by atomic mass is 9.65. The van der Waals surface area contributed by atoms with Crippen molar-refractivity contribution in [2.75, 3.05) is 0 Å². The molecular weight excluding hydrogens is 396 g/mol. The summed E-state index contributed by atoms with van der Waals surface area (Å²) >= 11 is 7.64. The van der Waals surface area contributed by atoms with Gasteiger partial charge >= 0.3 is 5.97 Å². The zero-order chi connectivity index (χ0) is 15.8. The van der Waals surface area contributed by atoms with Gasteiger partial charge in [0.25, 0.3) is 0 Å². The minimum Gasteiger partial charge on any atom is -0.481 e. The summed E-state index contributed by atoms with van der Waals surface area (Å²) in [6.45, 7) is 6.08. The van der Waals surface area contributed by atoms with E-state index in [4.69, 9.17) is 0 Å². The molecule has 2 rings (SSSR count). The number of hydrogen-bond donors (Lipinski definition) is 1. The predicted octanol–water partition coefficient (Wildman–Crippen LogP) is 5.41. The van der Waals surface area contributed by atoms with E-state index < -0.39 is 11.4 Å². The summed E-state index contributed by atoms with van der Waals surface area (Å²) < 4.78 is 0. The molecule has 1 fully saturated rings. The van der Waals surface area contributed by atoms with Crippen molar-refractivity contribution in [2.45, 2.75) is 43.3 Å². The second-order valence-electron chi connectivity index (χ2n) is 6.76. The highest BCUT2D eigenvalue weighted by molar-refractivity contribution is 9.12. The normalized spacial score (nSPS) is 30.8. The molecule has 1 aromatic carbocycles. The van der Waals surface area contributed by atoms with Crippen LogP contribution in [0.3, 0.4) is 0 Å². The van der Waals surface area contributed by atoms with Gasteiger partial charge in [-0.25, -0.2) is 0 Å². The molecule has 1 N–H and O–H groups in total. The van der Waals surface area contributed by atoms with E-state index in [0.29, 0.717) is 5.92 Å². The molecule has 1 aliphatic rings. The maximum absolute atomic E-state index is 11.7. The number of benzene rings is 1. The Morgan fingerprint density at radius 1 is 1.24 bits per heavy atom. The van der Waals surface area contributed by atoms with Gasteiger partial charge in [0.05, 0.1) is 10.2 Å². The van der Waals surface area contributed by atoms with E-state index in [1.807, 2.05) is 25.1 Å². The smallest absolute Gasteiger partial charge is 0.309 e. The van der Waals surface area contributed by atoms with Gasteiger partial charge in [0, 0.05) is 4.83 Å². The third-order valence-corrected chi connectivity index (χ3v) is 8.53. The maximum Gasteiger partial charge on any atom is 0.309 e. The quantitative estimate of drug-likeness (QED) is 0.664. The van der Waals surface area contributed by atoms with Gasteiger partial charge in [-0.1, -0.05) is 76.0 Å². The number of halogens is 2. The predicted molar refractivity (Wildman–Crippen MR) is 93.1 cm³/mol. The Kier molecular flexibility index (Phi) is 4.89. The van der Waals surface area contributed by atoms with Gasteiger partial charge < -0.3 is 5.11 Å². The van der Waals surface area contributed by atoms with Crippen molar-refractivity contribution in [1.82, 2.24) is 0 Å². The number of aliphatic carboxylic acids is 1. The van der Waals surface area contributed by atoms with Gasteiger partial charge in [0.15, 0.2) is 0 Å². The molecule has 0 heterocycles. The van der Waals surface area contributed by atoms with Crippen LogP contribution in [-0.4, -0.2) is 15.9 Å². The molecule has 1 saturated carbocycles. The van der Waals surface area contributed by atoms with Crippen molar-refractivity contribution < 1.29 is 9.90 Å². The molecule has 0 unspecified atom stereocenters. The summed E-state index contributed by atoms with van der Waals surface area (Å²) in [6, 6.07) is 10.3. The molecule has 0 aromatic heterocycles. The number of alkyl halides is 2. The van der Waals surface area contributed by atoms with Crippen LogP contribution in [0.4, 0.5) is 0 Å². The minimum absolute atomic E-state index is 0.180. The van der Waals surface area contributed by atoms with Crippen LogP contribution in [0.2, 0.25) is 0 Å². The lowest BCUT2D eigenvalue weighted by Gasteiger charge is -2.41. The Balaban J connectivity index is 2.25. The van der Waals surface area contributed by atoms with Gasteiger partial charge in [0.1, 0.15) is 0 Å². The molecule has 116 valence electrons. The molecule has 2 nitrogen and oxygen atoms in total. The summed E-state index contributed by atoms with van der Waals surface area (Å²) in [7, 11) is 0. The largest absolute Gasteiger partial charge is 0.481 e. The number of carboxylic acid groups (broad SMARTS) is 1. The topological polar surface area (TPSA) is 37.3 Å². The highest BCUT2D eigenvalue weighted by atomic mass is 79.9. The Morgan fingerprint density at radius 3 is 2.29 bits per heavy atom. The van der Waals surface area contributed by atoms with E-state index in [0.717, 1.165) is 12.8 Å². The van der Waals surface area contributed by atoms with E-state index in [1.165, 1.54) is 5.56 Å². The monoisotopic (exact) mass is 416 g/mol. The maximum atomic E-state index is 11.7. The molecule has 1 aromatic rings. The molecule has 0 bridgehead atoms. The molecule has 21 heavy (non-hydrogen) atoms. The lowest BCUT2D eigenvalue weighted by Crippen LogP contribution is -2.43. The first kappa shape index (κ1) is 17.0. The minimum atomic E-state index is -0.680. The van der Waals surface area contributed by atoms with Crippen molar-refractivity contribution in [3.05, 3.63) is 35.9 Å². The van der Waals surface area contributed by atoms with Crippen molar-refractivity contribution in [3.8, 4) is 0 Å². The third kappa shape index (κ3) is 2.81. The molecule has 0 amide bonds. The van der Waals surface area contributed by atoms with Crippen molar-refractivity contribution in [3.63, 3.8) is 0 Å². The second kappa shape index (κ2) is 6.04. The fraction of sp³-hybridized carbons (Fsp3) is 0.588. The highest BCUT2D eigenvalue weighted by Gasteiger charge is 2.58. The fourth-order valence-corrected chi connectivity index (χ4v) is 5.40. The van der Waals surface area contributed by atoms with E-state index in [9.17, 15) is 9.90 Å². The Morgan fingerprint density at radius 2 is 1.81 bits per heavy atom. The molecule has 0 saturated heterocycles. The van der Waals surface area contributed by atoms with Crippen LogP contribution in [0.1, 0.15) is 44.0 Å². The van der Waals surface area contributed by atoms with E-state index in [1.54, 1.807) is 0 Å². The fourth-order valence-electron chi connectivity index (χ4n) is 3.50. The number of carbonyl (C=O) groups is 1. The van der Waals surface area contributed by atoms with Crippen LogP contribution >= 0.6 is 31.9 Å². The number of hydrogen-bond acceptors (Lipinski definition) is 1. The SMILES string of the molecule is CC1(C)[C@@H]([C@H](Br)[C@H](Br)c2ccccc2)CC[C@]1(C)C(=O)O. The molecule has 0 radical (unpaired) electrons. The van der Waals surface area contributed by atoms with Gasteiger partial charge in [-0.2, -0.15) is 0 Å². The van der Waals surface area contributed by atoms with Gasteiger partial charge in [-0.3, -0.25) is 4.79 Å². The Bertz CT molecular complexity index is 515. The van der Waals surface area contributed by atoms with Crippen LogP contribution in [0, 0.1) is 16.7 Å². The summed E-state index contributed by atoms with van der Waals surface area (Å²) in [5.41, 5.74) is 0.306. The van der Waals surface area contributed by atoms with Crippen LogP contribution in [-0.2, 0) is 4.79 Å². The van der Waals surface area contributed by atoms with Crippen molar-refractivity contribution in [1.29, 1.82) is 0 Å². The zero-order valence-corrected chi connectivity index (χ0v) is 15.8. The highest BCUT2D eigenvalue weighted by Crippen LogP contribution is 2.60. The average Bonchev–Trinajstić information content (AvgIpc) is 2.70. The van der Waals surface area contributed by atoms with Crippen LogP contribution in [0.15, 0.2) is 30.3 Å². The Hall–Kier alpha value is -0.350. The summed E-state index contributed by atoms with van der Waals surface area (Å²) in [6.07, 6.45) is 1.66. The van der Waals surface area contributed by atoms with Crippen molar-refractivity contribution in [2.24, 2.45) is 16.7 Å². The molecule has 4 atom stereocenters. The third-order valence-electron chi connectivity index (χ3n) is 5.56. The average molecular weight is 418 g/mol. The molecular formula is C17H22Br2O2. The Labute approximate surface area is 143 Å². The zero-order valence-electron chi connectivity index (χ0n) is 12.6. The second-order valence-corrected chi connectivity index (χ2v) is 8.80.